The topological polar surface area (TPSA) is 60.4 Å². The van der Waals surface area contributed by atoms with Crippen molar-refractivity contribution in [1.82, 2.24) is 0 Å². The lowest BCUT2D eigenvalue weighted by Gasteiger charge is -2.25. The highest BCUT2D eigenvalue weighted by Gasteiger charge is 2.35. The molecule has 0 amide bonds. The molecule has 1 atom stereocenters. The molecule has 1 unspecified atom stereocenters. The Kier molecular flexibility index (Phi) is 3.01. The quantitative estimate of drug-likeness (QED) is 0.853. The van der Waals surface area contributed by atoms with Crippen LogP contribution in [0.2, 0.25) is 0 Å². The maximum atomic E-state index is 12.2. The number of rotatable bonds is 2. The van der Waals surface area contributed by atoms with Crippen molar-refractivity contribution in [2.45, 2.75) is 18.8 Å². The molecular formula is C15H14O4S. The summed E-state index contributed by atoms with van der Waals surface area (Å²) in [6.07, 6.45) is -0.110. The summed E-state index contributed by atoms with van der Waals surface area (Å²) in [4.78, 5) is 12.2. The van der Waals surface area contributed by atoms with Gasteiger partial charge in [-0.1, -0.05) is 37.3 Å². The fourth-order valence-electron chi connectivity index (χ4n) is 2.41. The van der Waals surface area contributed by atoms with E-state index < -0.39 is 15.3 Å². The lowest BCUT2D eigenvalue weighted by molar-refractivity contribution is 0.0913. The van der Waals surface area contributed by atoms with Gasteiger partial charge in [0.25, 0.3) is 0 Å². The van der Waals surface area contributed by atoms with Crippen molar-refractivity contribution in [1.29, 1.82) is 0 Å². The minimum Gasteiger partial charge on any atom is -0.473 e. The van der Waals surface area contributed by atoms with Gasteiger partial charge in [0.2, 0.25) is 5.44 Å². The number of ether oxygens (including phenoxy) is 1. The van der Waals surface area contributed by atoms with Crippen LogP contribution in [0.25, 0.3) is 10.8 Å². The fourth-order valence-corrected chi connectivity index (χ4v) is 3.43. The van der Waals surface area contributed by atoms with Crippen molar-refractivity contribution >= 4 is 26.4 Å². The van der Waals surface area contributed by atoms with Gasteiger partial charge in [0.05, 0.1) is 17.7 Å². The van der Waals surface area contributed by atoms with Crippen molar-refractivity contribution in [2.75, 3.05) is 5.75 Å². The highest BCUT2D eigenvalue weighted by Crippen LogP contribution is 2.36. The Hall–Kier alpha value is -1.88. The van der Waals surface area contributed by atoms with E-state index in [4.69, 9.17) is 4.74 Å². The van der Waals surface area contributed by atoms with Crippen molar-refractivity contribution in [3.05, 3.63) is 42.0 Å². The van der Waals surface area contributed by atoms with E-state index in [1.165, 1.54) is 0 Å². The van der Waals surface area contributed by atoms with E-state index in [0.29, 0.717) is 11.3 Å². The first kappa shape index (κ1) is 13.1. The predicted octanol–water partition coefficient (Wildman–Crippen LogP) is 2.57. The Morgan fingerprint density at radius 3 is 2.70 bits per heavy atom. The zero-order chi connectivity index (χ0) is 14.3. The largest absolute Gasteiger partial charge is 0.473 e. The standard InChI is InChI=1S/C15H14O4S/c1-2-20(17,18)14-9-13(16)12-8-7-10-5-3-4-6-11(10)15(12)19-14/h3-8,14H,2,9H2,1H3. The molecule has 1 aliphatic rings. The van der Waals surface area contributed by atoms with Gasteiger partial charge in [0.1, 0.15) is 5.75 Å². The maximum absolute atomic E-state index is 12.2. The molecule has 0 saturated carbocycles. The van der Waals surface area contributed by atoms with Gasteiger partial charge in [-0.25, -0.2) is 8.42 Å². The summed E-state index contributed by atoms with van der Waals surface area (Å²) < 4.78 is 29.6. The normalized spacial score (nSPS) is 18.6. The second kappa shape index (κ2) is 4.59. The first-order chi connectivity index (χ1) is 9.53. The van der Waals surface area contributed by atoms with Crippen LogP contribution in [0, 0.1) is 0 Å². The second-order valence-corrected chi connectivity index (χ2v) is 7.22. The average molecular weight is 290 g/mol. The fraction of sp³-hybridized carbons (Fsp3) is 0.267. The molecule has 0 N–H and O–H groups in total. The lowest BCUT2D eigenvalue weighted by atomic mass is 9.99. The number of carbonyl (C=O) groups is 1. The van der Waals surface area contributed by atoms with E-state index in [-0.39, 0.29) is 18.0 Å². The number of benzene rings is 2. The number of Topliss-reactive ketones (excluding diaryl/α,β-unsaturated/α-hetero) is 1. The number of ketones is 1. The van der Waals surface area contributed by atoms with Crippen LogP contribution in [0.1, 0.15) is 23.7 Å². The predicted molar refractivity (Wildman–Crippen MR) is 76.8 cm³/mol. The first-order valence-corrected chi connectivity index (χ1v) is 8.17. The second-order valence-electron chi connectivity index (χ2n) is 4.79. The molecule has 1 aliphatic heterocycles. The summed E-state index contributed by atoms with van der Waals surface area (Å²) in [5.41, 5.74) is -0.607. The van der Waals surface area contributed by atoms with E-state index in [1.54, 1.807) is 13.0 Å². The SMILES string of the molecule is CCS(=O)(=O)C1CC(=O)c2ccc3ccccc3c2O1. The summed E-state index contributed by atoms with van der Waals surface area (Å²) >= 11 is 0. The van der Waals surface area contributed by atoms with Gasteiger partial charge in [0.15, 0.2) is 15.6 Å². The third kappa shape index (κ3) is 1.98. The molecule has 0 spiro atoms. The molecule has 1 heterocycles. The van der Waals surface area contributed by atoms with E-state index in [0.717, 1.165) is 10.8 Å². The lowest BCUT2D eigenvalue weighted by Crippen LogP contribution is -2.35. The highest BCUT2D eigenvalue weighted by molar-refractivity contribution is 7.91. The number of hydrogen-bond donors (Lipinski definition) is 0. The zero-order valence-corrected chi connectivity index (χ0v) is 11.8. The van der Waals surface area contributed by atoms with Gasteiger partial charge in [-0.2, -0.15) is 0 Å². The number of fused-ring (bicyclic) bond motifs is 3. The van der Waals surface area contributed by atoms with Gasteiger partial charge in [-0.3, -0.25) is 4.79 Å². The third-order valence-electron chi connectivity index (χ3n) is 3.58. The van der Waals surface area contributed by atoms with Crippen LogP contribution in [0.4, 0.5) is 0 Å². The maximum Gasteiger partial charge on any atom is 0.206 e. The van der Waals surface area contributed by atoms with Crippen LogP contribution in [0.3, 0.4) is 0 Å². The Balaban J connectivity index is 2.19. The van der Waals surface area contributed by atoms with Crippen LogP contribution in [-0.4, -0.2) is 25.4 Å². The number of sulfone groups is 1. The van der Waals surface area contributed by atoms with Crippen molar-refractivity contribution in [3.63, 3.8) is 0 Å². The molecule has 5 heteroatoms. The molecule has 4 nitrogen and oxygen atoms in total. The van der Waals surface area contributed by atoms with E-state index in [1.807, 2.05) is 30.3 Å². The van der Waals surface area contributed by atoms with Crippen LogP contribution in [0.15, 0.2) is 36.4 Å². The molecule has 0 aromatic heterocycles. The van der Waals surface area contributed by atoms with E-state index in [9.17, 15) is 13.2 Å². The smallest absolute Gasteiger partial charge is 0.206 e. The van der Waals surface area contributed by atoms with Gasteiger partial charge in [-0.05, 0) is 11.5 Å². The van der Waals surface area contributed by atoms with Gasteiger partial charge in [-0.15, -0.1) is 0 Å². The molecule has 2 aromatic carbocycles. The summed E-state index contributed by atoms with van der Waals surface area (Å²) in [5.74, 6) is 0.172. The minimum absolute atomic E-state index is 0.0367. The summed E-state index contributed by atoms with van der Waals surface area (Å²) in [5, 5.41) is 1.70. The molecule has 0 saturated heterocycles. The Bertz CT molecular complexity index is 793. The van der Waals surface area contributed by atoms with E-state index in [2.05, 4.69) is 0 Å². The van der Waals surface area contributed by atoms with Crippen LogP contribution in [0.5, 0.6) is 5.75 Å². The summed E-state index contributed by atoms with van der Waals surface area (Å²) in [6.45, 7) is 1.56. The highest BCUT2D eigenvalue weighted by atomic mass is 32.2. The molecule has 104 valence electrons. The number of hydrogen-bond acceptors (Lipinski definition) is 4. The molecule has 20 heavy (non-hydrogen) atoms. The molecule has 0 bridgehead atoms. The first-order valence-electron chi connectivity index (χ1n) is 6.46. The van der Waals surface area contributed by atoms with Crippen LogP contribution >= 0.6 is 0 Å². The van der Waals surface area contributed by atoms with Crippen molar-refractivity contribution < 1.29 is 17.9 Å². The number of carbonyl (C=O) groups excluding carboxylic acids is 1. The molecule has 0 aliphatic carbocycles. The Labute approximate surface area is 117 Å². The van der Waals surface area contributed by atoms with Gasteiger partial charge in [0, 0.05) is 5.39 Å². The molecule has 0 radical (unpaired) electrons. The Morgan fingerprint density at radius 2 is 1.95 bits per heavy atom. The van der Waals surface area contributed by atoms with Gasteiger partial charge < -0.3 is 4.74 Å². The molecule has 2 aromatic rings. The Morgan fingerprint density at radius 1 is 1.20 bits per heavy atom. The minimum atomic E-state index is -3.41. The molecule has 0 fully saturated rings. The summed E-state index contributed by atoms with van der Waals surface area (Å²) in [7, 11) is -3.41. The van der Waals surface area contributed by atoms with Crippen molar-refractivity contribution in [2.24, 2.45) is 0 Å². The third-order valence-corrected chi connectivity index (χ3v) is 5.45. The monoisotopic (exact) mass is 290 g/mol. The molecular weight excluding hydrogens is 276 g/mol. The zero-order valence-electron chi connectivity index (χ0n) is 11.0. The summed E-state index contributed by atoms with van der Waals surface area (Å²) in [6, 6.07) is 11.0. The van der Waals surface area contributed by atoms with E-state index >= 15 is 0 Å². The average Bonchev–Trinajstić information content (AvgIpc) is 2.47. The molecule has 3 rings (SSSR count). The van der Waals surface area contributed by atoms with Crippen LogP contribution < -0.4 is 4.74 Å². The van der Waals surface area contributed by atoms with Gasteiger partial charge >= 0.3 is 0 Å². The van der Waals surface area contributed by atoms with Crippen molar-refractivity contribution in [3.8, 4) is 5.75 Å². The van der Waals surface area contributed by atoms with Crippen LogP contribution in [-0.2, 0) is 9.84 Å².